The first-order valence-electron chi connectivity index (χ1n) is 6.03. The average Bonchev–Trinajstić information content (AvgIpc) is 2.89. The third-order valence-corrected chi connectivity index (χ3v) is 3.83. The summed E-state index contributed by atoms with van der Waals surface area (Å²) in [7, 11) is 0. The second-order valence-corrected chi connectivity index (χ2v) is 5.15. The van der Waals surface area contributed by atoms with Crippen LogP contribution in [-0.2, 0) is 0 Å². The second kappa shape index (κ2) is 5.34. The van der Waals surface area contributed by atoms with Gasteiger partial charge in [0, 0.05) is 17.4 Å². The highest BCUT2D eigenvalue weighted by atomic mass is 32.1. The molecular formula is C14H13N3OS. The number of rotatable bonds is 4. The van der Waals surface area contributed by atoms with E-state index in [1.54, 1.807) is 23.6 Å². The minimum atomic E-state index is 0.0855. The van der Waals surface area contributed by atoms with Crippen LogP contribution in [0.1, 0.15) is 0 Å². The molecule has 1 aromatic carbocycles. The fourth-order valence-corrected chi connectivity index (χ4v) is 2.86. The van der Waals surface area contributed by atoms with Crippen molar-refractivity contribution >= 4 is 27.2 Å². The van der Waals surface area contributed by atoms with E-state index in [4.69, 9.17) is 5.11 Å². The number of hydrogen-bond donors (Lipinski definition) is 2. The molecule has 3 aromatic rings. The van der Waals surface area contributed by atoms with Crippen LogP contribution in [0.15, 0.2) is 42.6 Å². The number of fused-ring (bicyclic) bond motifs is 1. The van der Waals surface area contributed by atoms with Crippen molar-refractivity contribution in [2.24, 2.45) is 0 Å². The van der Waals surface area contributed by atoms with Gasteiger partial charge in [0.1, 0.15) is 5.82 Å². The van der Waals surface area contributed by atoms with Crippen LogP contribution in [0.4, 0.5) is 5.82 Å². The molecule has 0 fully saturated rings. The SMILES string of the molecule is OCCNc1ccnc(-c2cc3ccccc3s2)n1. The zero-order valence-corrected chi connectivity index (χ0v) is 11.0. The summed E-state index contributed by atoms with van der Waals surface area (Å²) in [5.41, 5.74) is 0. The number of nitrogens with one attached hydrogen (secondary N) is 1. The Bertz CT molecular complexity index is 663. The van der Waals surface area contributed by atoms with Gasteiger partial charge in [0.05, 0.1) is 11.5 Å². The quantitative estimate of drug-likeness (QED) is 0.766. The second-order valence-electron chi connectivity index (χ2n) is 4.06. The van der Waals surface area contributed by atoms with E-state index in [1.807, 2.05) is 12.1 Å². The molecule has 0 amide bonds. The molecule has 2 aromatic heterocycles. The molecule has 0 radical (unpaired) electrons. The van der Waals surface area contributed by atoms with Gasteiger partial charge in [0.15, 0.2) is 5.82 Å². The van der Waals surface area contributed by atoms with Crippen LogP contribution in [0.25, 0.3) is 20.8 Å². The summed E-state index contributed by atoms with van der Waals surface area (Å²) in [4.78, 5) is 9.81. The van der Waals surface area contributed by atoms with Crippen LogP contribution < -0.4 is 5.32 Å². The zero-order chi connectivity index (χ0) is 13.1. The summed E-state index contributed by atoms with van der Waals surface area (Å²) in [6.07, 6.45) is 1.73. The first-order valence-corrected chi connectivity index (χ1v) is 6.85. The first-order chi connectivity index (χ1) is 9.36. The normalized spacial score (nSPS) is 10.8. The molecule has 0 aliphatic heterocycles. The Morgan fingerprint density at radius 2 is 2.11 bits per heavy atom. The molecule has 0 unspecified atom stereocenters. The summed E-state index contributed by atoms with van der Waals surface area (Å²) < 4.78 is 1.23. The Hall–Kier alpha value is -1.98. The van der Waals surface area contributed by atoms with Gasteiger partial charge in [-0.15, -0.1) is 11.3 Å². The zero-order valence-electron chi connectivity index (χ0n) is 10.2. The maximum atomic E-state index is 8.81. The summed E-state index contributed by atoms with van der Waals surface area (Å²) in [5, 5.41) is 13.1. The van der Waals surface area contributed by atoms with Crippen molar-refractivity contribution in [3.8, 4) is 10.7 Å². The largest absolute Gasteiger partial charge is 0.395 e. The molecule has 0 saturated carbocycles. The summed E-state index contributed by atoms with van der Waals surface area (Å²) >= 11 is 1.68. The lowest BCUT2D eigenvalue weighted by molar-refractivity contribution is 0.311. The predicted molar refractivity (Wildman–Crippen MR) is 78.4 cm³/mol. The first kappa shape index (κ1) is 12.1. The van der Waals surface area contributed by atoms with Crippen molar-refractivity contribution in [2.75, 3.05) is 18.5 Å². The van der Waals surface area contributed by atoms with Crippen LogP contribution in [0, 0.1) is 0 Å². The fourth-order valence-electron chi connectivity index (χ4n) is 1.85. The molecule has 4 nitrogen and oxygen atoms in total. The highest BCUT2D eigenvalue weighted by Crippen LogP contribution is 2.31. The molecule has 2 heterocycles. The van der Waals surface area contributed by atoms with Crippen molar-refractivity contribution < 1.29 is 5.11 Å². The van der Waals surface area contributed by atoms with E-state index in [-0.39, 0.29) is 6.61 Å². The van der Waals surface area contributed by atoms with E-state index in [9.17, 15) is 0 Å². The number of anilines is 1. The molecule has 0 bridgehead atoms. The van der Waals surface area contributed by atoms with Crippen LogP contribution >= 0.6 is 11.3 Å². The minimum absolute atomic E-state index is 0.0855. The lowest BCUT2D eigenvalue weighted by Crippen LogP contribution is -2.07. The van der Waals surface area contributed by atoms with Crippen LogP contribution in [0.5, 0.6) is 0 Å². The van der Waals surface area contributed by atoms with E-state index < -0.39 is 0 Å². The van der Waals surface area contributed by atoms with Gasteiger partial charge in [-0.1, -0.05) is 18.2 Å². The number of aliphatic hydroxyl groups excluding tert-OH is 1. The van der Waals surface area contributed by atoms with Crippen molar-refractivity contribution in [3.63, 3.8) is 0 Å². The smallest absolute Gasteiger partial charge is 0.171 e. The molecule has 2 N–H and O–H groups in total. The maximum Gasteiger partial charge on any atom is 0.171 e. The molecule has 0 spiro atoms. The van der Waals surface area contributed by atoms with Crippen LogP contribution in [0.2, 0.25) is 0 Å². The van der Waals surface area contributed by atoms with Crippen molar-refractivity contribution in [3.05, 3.63) is 42.6 Å². The third kappa shape index (κ3) is 2.57. The molecule has 96 valence electrons. The number of aromatic nitrogens is 2. The lowest BCUT2D eigenvalue weighted by atomic mass is 10.2. The summed E-state index contributed by atoms with van der Waals surface area (Å²) in [6, 6.07) is 12.1. The number of hydrogen-bond acceptors (Lipinski definition) is 5. The Labute approximate surface area is 114 Å². The minimum Gasteiger partial charge on any atom is -0.395 e. The molecule has 5 heteroatoms. The number of thiophene rings is 1. The molecule has 0 aliphatic carbocycles. The number of nitrogens with zero attached hydrogens (tertiary/aromatic N) is 2. The highest BCUT2D eigenvalue weighted by Gasteiger charge is 2.07. The van der Waals surface area contributed by atoms with Gasteiger partial charge in [0.25, 0.3) is 0 Å². The number of benzene rings is 1. The van der Waals surface area contributed by atoms with Gasteiger partial charge >= 0.3 is 0 Å². The van der Waals surface area contributed by atoms with Crippen molar-refractivity contribution in [2.45, 2.75) is 0 Å². The van der Waals surface area contributed by atoms with Gasteiger partial charge in [0.2, 0.25) is 0 Å². The molecule has 0 aliphatic rings. The summed E-state index contributed by atoms with van der Waals surface area (Å²) in [5.74, 6) is 1.45. The van der Waals surface area contributed by atoms with Crippen LogP contribution in [-0.4, -0.2) is 28.2 Å². The van der Waals surface area contributed by atoms with Crippen molar-refractivity contribution in [1.29, 1.82) is 0 Å². The highest BCUT2D eigenvalue weighted by molar-refractivity contribution is 7.22. The van der Waals surface area contributed by atoms with Crippen molar-refractivity contribution in [1.82, 2.24) is 9.97 Å². The predicted octanol–water partition coefficient (Wildman–Crippen LogP) is 2.76. The topological polar surface area (TPSA) is 58.0 Å². The standard InChI is InChI=1S/C14H13N3OS/c18-8-7-15-13-5-6-16-14(17-13)12-9-10-3-1-2-4-11(10)19-12/h1-6,9,18H,7-8H2,(H,15,16,17). The van der Waals surface area contributed by atoms with Gasteiger partial charge in [-0.2, -0.15) is 0 Å². The van der Waals surface area contributed by atoms with E-state index in [0.29, 0.717) is 12.4 Å². The lowest BCUT2D eigenvalue weighted by Gasteiger charge is -2.03. The Morgan fingerprint density at radius 3 is 2.95 bits per heavy atom. The van der Waals surface area contributed by atoms with E-state index in [2.05, 4.69) is 33.5 Å². The molecule has 3 rings (SSSR count). The maximum absolute atomic E-state index is 8.81. The van der Waals surface area contributed by atoms with Crippen LogP contribution in [0.3, 0.4) is 0 Å². The van der Waals surface area contributed by atoms with Gasteiger partial charge in [-0.25, -0.2) is 9.97 Å². The average molecular weight is 271 g/mol. The van der Waals surface area contributed by atoms with Gasteiger partial charge < -0.3 is 10.4 Å². The Morgan fingerprint density at radius 1 is 1.21 bits per heavy atom. The Kier molecular flexibility index (Phi) is 3.39. The fraction of sp³-hybridized carbons (Fsp3) is 0.143. The van der Waals surface area contributed by atoms with E-state index in [1.165, 1.54) is 10.1 Å². The Balaban J connectivity index is 1.96. The summed E-state index contributed by atoms with van der Waals surface area (Å²) in [6.45, 7) is 0.574. The van der Waals surface area contributed by atoms with E-state index in [0.717, 1.165) is 10.7 Å². The number of aliphatic hydroxyl groups is 1. The monoisotopic (exact) mass is 271 g/mol. The van der Waals surface area contributed by atoms with Gasteiger partial charge in [-0.05, 0) is 23.6 Å². The molecule has 0 atom stereocenters. The van der Waals surface area contributed by atoms with E-state index >= 15 is 0 Å². The molecule has 0 saturated heterocycles. The molecular weight excluding hydrogens is 258 g/mol. The van der Waals surface area contributed by atoms with Gasteiger partial charge in [-0.3, -0.25) is 0 Å². The molecule has 19 heavy (non-hydrogen) atoms. The third-order valence-electron chi connectivity index (χ3n) is 2.72.